The molecule has 1 saturated heterocycles. The predicted molar refractivity (Wildman–Crippen MR) is 114 cm³/mol. The molecule has 0 spiro atoms. The van der Waals surface area contributed by atoms with Gasteiger partial charge in [-0.3, -0.25) is 9.59 Å². The van der Waals surface area contributed by atoms with E-state index in [0.717, 1.165) is 24.5 Å². The summed E-state index contributed by atoms with van der Waals surface area (Å²) in [5.41, 5.74) is 3.11. The summed E-state index contributed by atoms with van der Waals surface area (Å²) in [6.07, 6.45) is 0. The number of hydrogen-bond donors (Lipinski definition) is 3. The minimum atomic E-state index is -0.328. The SMILES string of the molecule is Cc1ccccc1C[NH+](C)CC(=O)N1CC[NH+](CC(=O)Nc2ccc(F)cc2)CC1. The Morgan fingerprint density at radius 2 is 1.77 bits per heavy atom. The fourth-order valence-electron chi connectivity index (χ4n) is 3.78. The van der Waals surface area contributed by atoms with Crippen molar-refractivity contribution in [3.05, 3.63) is 65.5 Å². The average Bonchev–Trinajstić information content (AvgIpc) is 2.72. The molecular weight excluding hydrogens is 383 g/mol. The van der Waals surface area contributed by atoms with Crippen LogP contribution in [0.2, 0.25) is 0 Å². The molecule has 3 N–H and O–H groups in total. The summed E-state index contributed by atoms with van der Waals surface area (Å²) in [7, 11) is 2.05. The molecule has 1 heterocycles. The number of halogens is 1. The number of likely N-dealkylation sites (N-methyl/N-ethyl adjacent to an activating group) is 1. The minimum absolute atomic E-state index is 0.0983. The lowest BCUT2D eigenvalue weighted by molar-refractivity contribution is -0.896. The molecule has 2 aromatic carbocycles. The number of benzene rings is 2. The fourth-order valence-corrected chi connectivity index (χ4v) is 3.78. The predicted octanol–water partition coefficient (Wildman–Crippen LogP) is -0.485. The number of amides is 2. The molecular formula is C23H31FN4O2+2. The van der Waals surface area contributed by atoms with E-state index in [4.69, 9.17) is 0 Å². The largest absolute Gasteiger partial charge is 0.327 e. The van der Waals surface area contributed by atoms with Gasteiger partial charge in [0.15, 0.2) is 13.1 Å². The first-order valence-electron chi connectivity index (χ1n) is 10.4. The number of rotatable bonds is 7. The van der Waals surface area contributed by atoms with Crippen LogP contribution in [0, 0.1) is 12.7 Å². The van der Waals surface area contributed by atoms with Crippen molar-refractivity contribution in [3.8, 4) is 0 Å². The Hall–Kier alpha value is -2.77. The molecule has 160 valence electrons. The van der Waals surface area contributed by atoms with Gasteiger partial charge in [0.1, 0.15) is 12.4 Å². The van der Waals surface area contributed by atoms with Gasteiger partial charge >= 0.3 is 0 Å². The van der Waals surface area contributed by atoms with Crippen LogP contribution < -0.4 is 15.1 Å². The molecule has 0 bridgehead atoms. The molecule has 1 unspecified atom stereocenters. The molecule has 6 nitrogen and oxygen atoms in total. The minimum Gasteiger partial charge on any atom is -0.327 e. The Balaban J connectivity index is 1.40. The molecule has 1 aliphatic heterocycles. The van der Waals surface area contributed by atoms with E-state index in [0.29, 0.717) is 31.9 Å². The molecule has 3 rings (SSSR count). The first-order chi connectivity index (χ1) is 14.4. The van der Waals surface area contributed by atoms with Gasteiger partial charge < -0.3 is 20.0 Å². The van der Waals surface area contributed by atoms with E-state index in [9.17, 15) is 14.0 Å². The number of aryl methyl sites for hydroxylation is 1. The Bertz CT molecular complexity index is 864. The zero-order chi connectivity index (χ0) is 21.5. The van der Waals surface area contributed by atoms with Crippen LogP contribution in [0.25, 0.3) is 0 Å². The molecule has 0 radical (unpaired) electrons. The Labute approximate surface area is 177 Å². The summed E-state index contributed by atoms with van der Waals surface area (Å²) in [5.74, 6) is -0.263. The lowest BCUT2D eigenvalue weighted by Gasteiger charge is -2.32. The van der Waals surface area contributed by atoms with Crippen molar-refractivity contribution in [1.29, 1.82) is 0 Å². The van der Waals surface area contributed by atoms with Crippen molar-refractivity contribution in [2.45, 2.75) is 13.5 Å². The van der Waals surface area contributed by atoms with Crippen molar-refractivity contribution in [3.63, 3.8) is 0 Å². The van der Waals surface area contributed by atoms with E-state index < -0.39 is 0 Å². The molecule has 7 heteroatoms. The normalized spacial score (nSPS) is 15.6. The van der Waals surface area contributed by atoms with E-state index in [1.54, 1.807) is 12.1 Å². The van der Waals surface area contributed by atoms with Crippen LogP contribution in [0.15, 0.2) is 48.5 Å². The van der Waals surface area contributed by atoms with Crippen molar-refractivity contribution in [2.24, 2.45) is 0 Å². The van der Waals surface area contributed by atoms with Crippen LogP contribution in [0.4, 0.5) is 10.1 Å². The average molecular weight is 415 g/mol. The Morgan fingerprint density at radius 1 is 1.10 bits per heavy atom. The van der Waals surface area contributed by atoms with Crippen molar-refractivity contribution >= 4 is 17.5 Å². The molecule has 2 aromatic rings. The van der Waals surface area contributed by atoms with Crippen LogP contribution >= 0.6 is 0 Å². The number of nitrogens with one attached hydrogen (secondary N) is 3. The van der Waals surface area contributed by atoms with E-state index >= 15 is 0 Å². The van der Waals surface area contributed by atoms with Gasteiger partial charge in [0.25, 0.3) is 11.8 Å². The fraction of sp³-hybridized carbons (Fsp3) is 0.391. The van der Waals surface area contributed by atoms with E-state index in [-0.39, 0.29) is 17.6 Å². The van der Waals surface area contributed by atoms with Crippen molar-refractivity contribution < 1.29 is 23.8 Å². The maximum atomic E-state index is 13.0. The summed E-state index contributed by atoms with van der Waals surface area (Å²) < 4.78 is 13.0. The second-order valence-electron chi connectivity index (χ2n) is 8.10. The van der Waals surface area contributed by atoms with E-state index in [1.807, 2.05) is 24.1 Å². The number of hydrogen-bond acceptors (Lipinski definition) is 2. The topological polar surface area (TPSA) is 58.3 Å². The third kappa shape index (κ3) is 6.37. The lowest BCUT2D eigenvalue weighted by Crippen LogP contribution is -3.16. The number of carbonyl (C=O) groups is 2. The third-order valence-electron chi connectivity index (χ3n) is 5.57. The molecule has 1 fully saturated rings. The molecule has 0 aromatic heterocycles. The maximum absolute atomic E-state index is 13.0. The highest BCUT2D eigenvalue weighted by Crippen LogP contribution is 2.07. The second-order valence-corrected chi connectivity index (χ2v) is 8.10. The van der Waals surface area contributed by atoms with Gasteiger partial charge in [-0.1, -0.05) is 24.3 Å². The van der Waals surface area contributed by atoms with Crippen LogP contribution in [0.5, 0.6) is 0 Å². The quantitative estimate of drug-likeness (QED) is 0.573. The standard InChI is InChI=1S/C23H29FN4O2/c1-18-5-3-4-6-19(18)15-26(2)17-23(30)28-13-11-27(12-14-28)16-22(29)25-21-9-7-20(24)8-10-21/h3-10H,11-17H2,1-2H3,(H,25,29)/p+2. The van der Waals surface area contributed by atoms with Gasteiger partial charge in [-0.05, 0) is 36.8 Å². The highest BCUT2D eigenvalue weighted by Gasteiger charge is 2.26. The molecule has 1 atom stereocenters. The number of nitrogens with zero attached hydrogens (tertiary/aromatic N) is 1. The zero-order valence-corrected chi connectivity index (χ0v) is 17.7. The van der Waals surface area contributed by atoms with E-state index in [1.165, 1.54) is 28.2 Å². The van der Waals surface area contributed by atoms with Crippen molar-refractivity contribution in [2.75, 3.05) is 51.6 Å². The summed E-state index contributed by atoms with van der Waals surface area (Å²) in [4.78, 5) is 29.1. The Morgan fingerprint density at radius 3 is 2.43 bits per heavy atom. The van der Waals surface area contributed by atoms with Gasteiger partial charge in [-0.2, -0.15) is 0 Å². The Kier molecular flexibility index (Phi) is 7.54. The lowest BCUT2D eigenvalue weighted by atomic mass is 10.1. The van der Waals surface area contributed by atoms with Crippen LogP contribution in [-0.2, 0) is 16.1 Å². The second kappa shape index (κ2) is 10.3. The smallest absolute Gasteiger partial charge is 0.279 e. The van der Waals surface area contributed by atoms with Crippen LogP contribution in [-0.4, -0.2) is 63.0 Å². The number of anilines is 1. The van der Waals surface area contributed by atoms with Crippen LogP contribution in [0.1, 0.15) is 11.1 Å². The number of quaternary nitrogens is 2. The zero-order valence-electron chi connectivity index (χ0n) is 17.7. The van der Waals surface area contributed by atoms with Gasteiger partial charge in [0, 0.05) is 11.3 Å². The van der Waals surface area contributed by atoms with E-state index in [2.05, 4.69) is 24.4 Å². The molecule has 30 heavy (non-hydrogen) atoms. The molecule has 1 aliphatic rings. The molecule has 0 saturated carbocycles. The van der Waals surface area contributed by atoms with Gasteiger partial charge in [0.05, 0.1) is 33.2 Å². The first-order valence-corrected chi connectivity index (χ1v) is 10.4. The summed E-state index contributed by atoms with van der Waals surface area (Å²) in [6.45, 7) is 6.56. The third-order valence-corrected chi connectivity index (χ3v) is 5.57. The van der Waals surface area contributed by atoms with Gasteiger partial charge in [-0.15, -0.1) is 0 Å². The van der Waals surface area contributed by atoms with Crippen LogP contribution in [0.3, 0.4) is 0 Å². The van der Waals surface area contributed by atoms with Gasteiger partial charge in [-0.25, -0.2) is 4.39 Å². The van der Waals surface area contributed by atoms with Crippen molar-refractivity contribution in [1.82, 2.24) is 4.90 Å². The highest BCUT2D eigenvalue weighted by atomic mass is 19.1. The first kappa shape index (κ1) is 21.9. The summed E-state index contributed by atoms with van der Waals surface area (Å²) in [5, 5.41) is 2.79. The number of piperazine rings is 1. The summed E-state index contributed by atoms with van der Waals surface area (Å²) >= 11 is 0. The maximum Gasteiger partial charge on any atom is 0.279 e. The number of carbonyl (C=O) groups excluding carboxylic acids is 2. The summed E-state index contributed by atoms with van der Waals surface area (Å²) in [6, 6.07) is 14.0. The monoisotopic (exact) mass is 414 g/mol. The molecule has 0 aliphatic carbocycles. The highest BCUT2D eigenvalue weighted by molar-refractivity contribution is 5.91. The van der Waals surface area contributed by atoms with Gasteiger partial charge in [0.2, 0.25) is 0 Å². The molecule has 2 amide bonds.